The number of methoxy groups -OCH3 is 2. The van der Waals surface area contributed by atoms with Crippen LogP contribution in [0.15, 0.2) is 65.6 Å². The molecule has 3 aromatic carbocycles. The van der Waals surface area contributed by atoms with Gasteiger partial charge in [-0.15, -0.1) is 0 Å². The molecule has 0 aliphatic carbocycles. The first-order valence-corrected chi connectivity index (χ1v) is 11.2. The van der Waals surface area contributed by atoms with Crippen LogP contribution >= 0.6 is 23.2 Å². The number of hydrogen-bond acceptors (Lipinski definition) is 5. The van der Waals surface area contributed by atoms with Crippen LogP contribution in [0.5, 0.6) is 11.5 Å². The lowest BCUT2D eigenvalue weighted by Gasteiger charge is -2.23. The highest BCUT2D eigenvalue weighted by Crippen LogP contribution is 2.34. The SMILES string of the molecule is COc1ccc(S(=O)(=O)N(C)c2ccc(Cl)cc2C(=O)c2ccccc2Cl)cc1OC. The normalized spacial score (nSPS) is 11.1. The van der Waals surface area contributed by atoms with Crippen LogP contribution in [0.25, 0.3) is 0 Å². The quantitative estimate of drug-likeness (QED) is 0.442. The summed E-state index contributed by atoms with van der Waals surface area (Å²) in [5.41, 5.74) is 0.501. The number of carbonyl (C=O) groups excluding carboxylic acids is 1. The fraction of sp³-hybridized carbons (Fsp3) is 0.136. The second-order valence-corrected chi connectivity index (χ2v) is 9.27. The van der Waals surface area contributed by atoms with Crippen molar-refractivity contribution in [1.82, 2.24) is 0 Å². The molecule has 0 N–H and O–H groups in total. The molecule has 3 aromatic rings. The number of hydrogen-bond donors (Lipinski definition) is 0. The van der Waals surface area contributed by atoms with Crippen LogP contribution in [0.4, 0.5) is 5.69 Å². The minimum absolute atomic E-state index is 0.0289. The monoisotopic (exact) mass is 479 g/mol. The zero-order valence-electron chi connectivity index (χ0n) is 16.9. The summed E-state index contributed by atoms with van der Waals surface area (Å²) in [6.07, 6.45) is 0. The first-order valence-electron chi connectivity index (χ1n) is 9.00. The number of rotatable bonds is 7. The lowest BCUT2D eigenvalue weighted by atomic mass is 10.0. The van der Waals surface area contributed by atoms with Crippen LogP contribution in [-0.4, -0.2) is 35.5 Å². The Labute approximate surface area is 191 Å². The van der Waals surface area contributed by atoms with E-state index >= 15 is 0 Å². The van der Waals surface area contributed by atoms with Crippen molar-refractivity contribution in [3.63, 3.8) is 0 Å². The fourth-order valence-electron chi connectivity index (χ4n) is 3.02. The Hall–Kier alpha value is -2.74. The molecule has 162 valence electrons. The summed E-state index contributed by atoms with van der Waals surface area (Å²) in [6.45, 7) is 0. The third-order valence-electron chi connectivity index (χ3n) is 4.67. The molecule has 31 heavy (non-hydrogen) atoms. The summed E-state index contributed by atoms with van der Waals surface area (Å²) in [7, 11) is 0.190. The molecular weight excluding hydrogens is 461 g/mol. The molecule has 0 radical (unpaired) electrons. The Kier molecular flexibility index (Phi) is 6.79. The van der Waals surface area contributed by atoms with E-state index in [1.54, 1.807) is 24.3 Å². The summed E-state index contributed by atoms with van der Waals surface area (Å²) < 4.78 is 38.0. The summed E-state index contributed by atoms with van der Waals surface area (Å²) >= 11 is 12.3. The highest BCUT2D eigenvalue weighted by Gasteiger charge is 2.27. The number of ketones is 1. The molecule has 0 aliphatic heterocycles. The van der Waals surface area contributed by atoms with Crippen molar-refractivity contribution in [3.05, 3.63) is 81.8 Å². The molecule has 6 nitrogen and oxygen atoms in total. The van der Waals surface area contributed by atoms with Crippen molar-refractivity contribution in [2.45, 2.75) is 4.90 Å². The lowest BCUT2D eigenvalue weighted by molar-refractivity contribution is 0.103. The summed E-state index contributed by atoms with van der Waals surface area (Å²) in [6, 6.07) is 15.2. The number of carbonyl (C=O) groups is 1. The fourth-order valence-corrected chi connectivity index (χ4v) is 4.64. The van der Waals surface area contributed by atoms with E-state index in [-0.39, 0.29) is 37.5 Å². The van der Waals surface area contributed by atoms with E-state index in [1.807, 2.05) is 0 Å². The predicted molar refractivity (Wildman–Crippen MR) is 121 cm³/mol. The second-order valence-electron chi connectivity index (χ2n) is 6.46. The first kappa shape index (κ1) is 22.9. The van der Waals surface area contributed by atoms with Gasteiger partial charge >= 0.3 is 0 Å². The van der Waals surface area contributed by atoms with Crippen LogP contribution in [0, 0.1) is 0 Å². The van der Waals surface area contributed by atoms with Crippen molar-refractivity contribution < 1.29 is 22.7 Å². The molecule has 0 saturated carbocycles. The number of sulfonamides is 1. The van der Waals surface area contributed by atoms with Gasteiger partial charge in [0.1, 0.15) is 0 Å². The van der Waals surface area contributed by atoms with Crippen molar-refractivity contribution in [2.75, 3.05) is 25.6 Å². The van der Waals surface area contributed by atoms with Gasteiger partial charge in [0.15, 0.2) is 17.3 Å². The summed E-state index contributed by atoms with van der Waals surface area (Å²) in [5, 5.41) is 0.542. The van der Waals surface area contributed by atoms with E-state index < -0.39 is 15.8 Å². The van der Waals surface area contributed by atoms with Crippen LogP contribution in [0.3, 0.4) is 0 Å². The first-order chi connectivity index (χ1) is 14.7. The highest BCUT2D eigenvalue weighted by atomic mass is 35.5. The van der Waals surface area contributed by atoms with Crippen LogP contribution < -0.4 is 13.8 Å². The van der Waals surface area contributed by atoms with Crippen LogP contribution in [0.1, 0.15) is 15.9 Å². The van der Waals surface area contributed by atoms with Gasteiger partial charge in [0, 0.05) is 29.3 Å². The van der Waals surface area contributed by atoms with E-state index in [9.17, 15) is 13.2 Å². The standard InChI is InChI=1S/C22H19Cl2NO5S/c1-25(31(27,28)15-9-11-20(29-2)21(13-15)30-3)19-10-8-14(23)12-17(19)22(26)16-6-4-5-7-18(16)24/h4-13H,1-3H3. The molecule has 0 atom stereocenters. The molecule has 0 saturated heterocycles. The molecule has 0 amide bonds. The Balaban J connectivity index is 2.11. The molecule has 0 fully saturated rings. The van der Waals surface area contributed by atoms with E-state index in [4.69, 9.17) is 32.7 Å². The molecular formula is C22H19Cl2NO5S. The van der Waals surface area contributed by atoms with Crippen molar-refractivity contribution in [1.29, 1.82) is 0 Å². The third kappa shape index (κ3) is 4.49. The molecule has 0 spiro atoms. The number of halogens is 2. The minimum Gasteiger partial charge on any atom is -0.493 e. The number of anilines is 1. The van der Waals surface area contributed by atoms with Gasteiger partial charge in [0.05, 0.1) is 29.8 Å². The molecule has 0 bridgehead atoms. The van der Waals surface area contributed by atoms with E-state index in [0.29, 0.717) is 5.75 Å². The zero-order chi connectivity index (χ0) is 22.8. The Morgan fingerprint density at radius 3 is 2.19 bits per heavy atom. The van der Waals surface area contributed by atoms with Crippen molar-refractivity contribution >= 4 is 44.7 Å². The Bertz CT molecular complexity index is 1240. The largest absolute Gasteiger partial charge is 0.493 e. The highest BCUT2D eigenvalue weighted by molar-refractivity contribution is 7.92. The van der Waals surface area contributed by atoms with Crippen molar-refractivity contribution in [3.8, 4) is 11.5 Å². The van der Waals surface area contributed by atoms with Gasteiger partial charge < -0.3 is 9.47 Å². The maximum Gasteiger partial charge on any atom is 0.264 e. The molecule has 0 unspecified atom stereocenters. The van der Waals surface area contributed by atoms with Gasteiger partial charge in [-0.25, -0.2) is 8.42 Å². The van der Waals surface area contributed by atoms with E-state index in [2.05, 4.69) is 0 Å². The summed E-state index contributed by atoms with van der Waals surface area (Å²) in [5.74, 6) is 0.211. The Morgan fingerprint density at radius 2 is 1.55 bits per heavy atom. The number of nitrogens with zero attached hydrogens (tertiary/aromatic N) is 1. The second kappa shape index (κ2) is 9.18. The topological polar surface area (TPSA) is 72.9 Å². The Morgan fingerprint density at radius 1 is 0.871 bits per heavy atom. The zero-order valence-corrected chi connectivity index (χ0v) is 19.3. The molecule has 0 aromatic heterocycles. The van der Waals surface area contributed by atoms with Gasteiger partial charge in [-0.1, -0.05) is 35.3 Å². The lowest BCUT2D eigenvalue weighted by Crippen LogP contribution is -2.28. The minimum atomic E-state index is -4.04. The average Bonchev–Trinajstić information content (AvgIpc) is 2.77. The summed E-state index contributed by atoms with van der Waals surface area (Å²) in [4.78, 5) is 13.2. The van der Waals surface area contributed by atoms with Gasteiger partial charge in [-0.05, 0) is 42.5 Å². The van der Waals surface area contributed by atoms with E-state index in [0.717, 1.165) is 4.31 Å². The third-order valence-corrected chi connectivity index (χ3v) is 7.01. The average molecular weight is 480 g/mol. The number of benzene rings is 3. The number of ether oxygens (including phenoxy) is 2. The smallest absolute Gasteiger partial charge is 0.264 e. The van der Waals surface area contributed by atoms with Gasteiger partial charge in [-0.3, -0.25) is 9.10 Å². The van der Waals surface area contributed by atoms with Crippen LogP contribution in [0.2, 0.25) is 10.0 Å². The molecule has 0 aliphatic rings. The molecule has 9 heteroatoms. The maximum absolute atomic E-state index is 13.3. The van der Waals surface area contributed by atoms with Crippen LogP contribution in [-0.2, 0) is 10.0 Å². The van der Waals surface area contributed by atoms with Gasteiger partial charge in [-0.2, -0.15) is 0 Å². The predicted octanol–water partition coefficient (Wildman–Crippen LogP) is 5.07. The molecule has 3 rings (SSSR count). The van der Waals surface area contributed by atoms with Crippen molar-refractivity contribution in [2.24, 2.45) is 0 Å². The van der Waals surface area contributed by atoms with Gasteiger partial charge in [0.2, 0.25) is 0 Å². The van der Waals surface area contributed by atoms with Gasteiger partial charge in [0.25, 0.3) is 10.0 Å². The molecule has 0 heterocycles. The van der Waals surface area contributed by atoms with E-state index in [1.165, 1.54) is 57.7 Å². The maximum atomic E-state index is 13.3.